The lowest BCUT2D eigenvalue weighted by atomic mass is 9.87. The molecule has 1 aliphatic heterocycles. The predicted octanol–water partition coefficient (Wildman–Crippen LogP) is -0.0366. The number of hydrogen-bond acceptors (Lipinski definition) is 6. The highest BCUT2D eigenvalue weighted by atomic mass is 16.5. The lowest BCUT2D eigenvalue weighted by Crippen LogP contribution is -2.50. The Bertz CT molecular complexity index is 374. The van der Waals surface area contributed by atoms with Gasteiger partial charge in [-0.1, -0.05) is 0 Å². The molecule has 2 heterocycles. The number of aromatic nitrogens is 2. The fourth-order valence-corrected chi connectivity index (χ4v) is 1.59. The van der Waals surface area contributed by atoms with Gasteiger partial charge in [-0.3, -0.25) is 0 Å². The third kappa shape index (κ3) is 2.65. The Balaban J connectivity index is 1.96. The normalized spacial score (nSPS) is 17.4. The minimum Gasteiger partial charge on any atom is -0.396 e. The molecule has 17 heavy (non-hydrogen) atoms. The van der Waals surface area contributed by atoms with Gasteiger partial charge in [0.1, 0.15) is 5.82 Å². The number of hydrogen-bond donors (Lipinski definition) is 2. The zero-order valence-corrected chi connectivity index (χ0v) is 10.2. The molecule has 1 fully saturated rings. The lowest BCUT2D eigenvalue weighted by Gasteiger charge is -2.39. The van der Waals surface area contributed by atoms with Crippen LogP contribution in [0.4, 0.5) is 11.8 Å². The number of nitrogens with zero attached hydrogens (tertiary/aromatic N) is 3. The Morgan fingerprint density at radius 2 is 2.29 bits per heavy atom. The first-order chi connectivity index (χ1) is 8.15. The SMILES string of the molecule is CN(C)c1ccnc(NCC2(CO)COC2)n1. The van der Waals surface area contributed by atoms with Gasteiger partial charge >= 0.3 is 0 Å². The summed E-state index contributed by atoms with van der Waals surface area (Å²) in [6.07, 6.45) is 1.72. The molecular formula is C11H18N4O2. The van der Waals surface area contributed by atoms with E-state index < -0.39 is 0 Å². The smallest absolute Gasteiger partial charge is 0.224 e. The molecule has 0 bridgehead atoms. The Labute approximate surface area is 101 Å². The van der Waals surface area contributed by atoms with Crippen LogP contribution in [0.5, 0.6) is 0 Å². The first-order valence-electron chi connectivity index (χ1n) is 5.58. The third-order valence-electron chi connectivity index (χ3n) is 2.87. The van der Waals surface area contributed by atoms with Gasteiger partial charge in [0.15, 0.2) is 0 Å². The number of ether oxygens (including phenoxy) is 1. The van der Waals surface area contributed by atoms with E-state index in [0.29, 0.717) is 25.7 Å². The first-order valence-corrected chi connectivity index (χ1v) is 5.58. The average Bonchev–Trinajstić information content (AvgIpc) is 2.28. The second kappa shape index (κ2) is 4.85. The summed E-state index contributed by atoms with van der Waals surface area (Å²) in [6, 6.07) is 1.85. The van der Waals surface area contributed by atoms with Crippen molar-refractivity contribution in [3.8, 4) is 0 Å². The topological polar surface area (TPSA) is 70.5 Å². The average molecular weight is 238 g/mol. The van der Waals surface area contributed by atoms with E-state index >= 15 is 0 Å². The summed E-state index contributed by atoms with van der Waals surface area (Å²) in [7, 11) is 3.86. The molecule has 0 aromatic carbocycles. The van der Waals surface area contributed by atoms with Crippen LogP contribution in [-0.2, 0) is 4.74 Å². The highest BCUT2D eigenvalue weighted by molar-refractivity contribution is 5.40. The molecule has 0 spiro atoms. The molecular weight excluding hydrogens is 220 g/mol. The van der Waals surface area contributed by atoms with Gasteiger partial charge in [-0.15, -0.1) is 0 Å². The van der Waals surface area contributed by atoms with Gasteiger partial charge in [-0.2, -0.15) is 4.98 Å². The molecule has 1 aromatic rings. The van der Waals surface area contributed by atoms with Gasteiger partial charge in [0.2, 0.25) is 5.95 Å². The van der Waals surface area contributed by atoms with Crippen LogP contribution in [0.1, 0.15) is 0 Å². The second-order valence-electron chi connectivity index (χ2n) is 4.64. The largest absolute Gasteiger partial charge is 0.396 e. The van der Waals surface area contributed by atoms with Crippen molar-refractivity contribution < 1.29 is 9.84 Å². The van der Waals surface area contributed by atoms with Crippen molar-refractivity contribution >= 4 is 11.8 Å². The molecule has 0 unspecified atom stereocenters. The Hall–Kier alpha value is -1.40. The number of aliphatic hydroxyl groups excluding tert-OH is 1. The highest BCUT2D eigenvalue weighted by Gasteiger charge is 2.38. The molecule has 6 nitrogen and oxygen atoms in total. The summed E-state index contributed by atoms with van der Waals surface area (Å²) in [4.78, 5) is 10.4. The standard InChI is InChI=1S/C11H18N4O2/c1-15(2)9-3-4-12-10(14-9)13-5-11(6-16)7-17-8-11/h3-4,16H,5-8H2,1-2H3,(H,12,13,14). The van der Waals surface area contributed by atoms with E-state index in [-0.39, 0.29) is 12.0 Å². The highest BCUT2D eigenvalue weighted by Crippen LogP contribution is 2.26. The summed E-state index contributed by atoms with van der Waals surface area (Å²) in [5.41, 5.74) is -0.169. The van der Waals surface area contributed by atoms with Gasteiger partial charge < -0.3 is 20.1 Å². The molecule has 94 valence electrons. The molecule has 1 aliphatic rings. The van der Waals surface area contributed by atoms with E-state index in [1.165, 1.54) is 0 Å². The van der Waals surface area contributed by atoms with Crippen LogP contribution in [0.25, 0.3) is 0 Å². The molecule has 2 N–H and O–H groups in total. The van der Waals surface area contributed by atoms with Crippen LogP contribution in [-0.4, -0.2) is 55.5 Å². The quantitative estimate of drug-likeness (QED) is 0.750. The first kappa shape index (κ1) is 12.1. The second-order valence-corrected chi connectivity index (χ2v) is 4.64. The van der Waals surface area contributed by atoms with Crippen molar-refractivity contribution in [2.45, 2.75) is 0 Å². The molecule has 6 heteroatoms. The van der Waals surface area contributed by atoms with Gasteiger partial charge in [0.25, 0.3) is 0 Å². The Morgan fingerprint density at radius 3 is 2.82 bits per heavy atom. The van der Waals surface area contributed by atoms with Gasteiger partial charge in [-0.05, 0) is 6.07 Å². The molecule has 0 amide bonds. The van der Waals surface area contributed by atoms with Gasteiger partial charge in [0, 0.05) is 26.8 Å². The summed E-state index contributed by atoms with van der Waals surface area (Å²) < 4.78 is 5.13. The maximum absolute atomic E-state index is 9.29. The van der Waals surface area contributed by atoms with E-state index in [2.05, 4.69) is 15.3 Å². The van der Waals surface area contributed by atoms with E-state index in [0.717, 1.165) is 5.82 Å². The zero-order chi connectivity index (χ0) is 12.3. The fraction of sp³-hybridized carbons (Fsp3) is 0.636. The molecule has 2 rings (SSSR count). The number of aliphatic hydroxyl groups is 1. The van der Waals surface area contributed by atoms with Crippen LogP contribution < -0.4 is 10.2 Å². The van der Waals surface area contributed by atoms with E-state index in [1.807, 2.05) is 25.1 Å². The van der Waals surface area contributed by atoms with Crippen molar-refractivity contribution in [1.29, 1.82) is 0 Å². The van der Waals surface area contributed by atoms with Crippen LogP contribution in [0.15, 0.2) is 12.3 Å². The Morgan fingerprint density at radius 1 is 1.53 bits per heavy atom. The zero-order valence-electron chi connectivity index (χ0n) is 10.2. The molecule has 0 atom stereocenters. The Kier molecular flexibility index (Phi) is 3.44. The number of rotatable bonds is 5. The summed E-state index contributed by atoms with van der Waals surface area (Å²) in [5.74, 6) is 1.43. The minimum absolute atomic E-state index is 0.118. The van der Waals surface area contributed by atoms with Crippen molar-refractivity contribution in [3.63, 3.8) is 0 Å². The minimum atomic E-state index is -0.169. The summed E-state index contributed by atoms with van der Waals surface area (Å²) >= 11 is 0. The van der Waals surface area contributed by atoms with Gasteiger partial charge in [-0.25, -0.2) is 4.98 Å². The summed E-state index contributed by atoms with van der Waals surface area (Å²) in [6.45, 7) is 1.92. The maximum atomic E-state index is 9.29. The van der Waals surface area contributed by atoms with Crippen LogP contribution in [0, 0.1) is 5.41 Å². The molecule has 0 saturated carbocycles. The van der Waals surface area contributed by atoms with Crippen LogP contribution >= 0.6 is 0 Å². The lowest BCUT2D eigenvalue weighted by molar-refractivity contribution is -0.128. The van der Waals surface area contributed by atoms with E-state index in [4.69, 9.17) is 4.74 Å². The fourth-order valence-electron chi connectivity index (χ4n) is 1.59. The third-order valence-corrected chi connectivity index (χ3v) is 2.87. The molecule has 0 aliphatic carbocycles. The van der Waals surface area contributed by atoms with Crippen LogP contribution in [0.3, 0.4) is 0 Å². The number of nitrogens with one attached hydrogen (secondary N) is 1. The van der Waals surface area contributed by atoms with E-state index in [1.54, 1.807) is 6.20 Å². The maximum Gasteiger partial charge on any atom is 0.224 e. The molecule has 1 saturated heterocycles. The molecule has 0 radical (unpaired) electrons. The number of anilines is 2. The van der Waals surface area contributed by atoms with Gasteiger partial charge in [0.05, 0.1) is 25.2 Å². The van der Waals surface area contributed by atoms with Crippen molar-refractivity contribution in [3.05, 3.63) is 12.3 Å². The van der Waals surface area contributed by atoms with Crippen molar-refractivity contribution in [1.82, 2.24) is 9.97 Å². The van der Waals surface area contributed by atoms with Crippen LogP contribution in [0.2, 0.25) is 0 Å². The monoisotopic (exact) mass is 238 g/mol. The van der Waals surface area contributed by atoms with Crippen molar-refractivity contribution in [2.24, 2.45) is 5.41 Å². The van der Waals surface area contributed by atoms with Crippen molar-refractivity contribution in [2.75, 3.05) is 50.7 Å². The molecule has 1 aromatic heterocycles. The van der Waals surface area contributed by atoms with E-state index in [9.17, 15) is 5.11 Å². The predicted molar refractivity (Wildman–Crippen MR) is 65.2 cm³/mol. The summed E-state index contributed by atoms with van der Waals surface area (Å²) in [5, 5.41) is 12.4.